The van der Waals surface area contributed by atoms with Crippen molar-refractivity contribution in [1.82, 2.24) is 0 Å². The fourth-order valence-electron chi connectivity index (χ4n) is 2.52. The first-order chi connectivity index (χ1) is 13.7. The van der Waals surface area contributed by atoms with Crippen LogP contribution in [0.3, 0.4) is 0 Å². The topological polar surface area (TPSA) is 55.4 Å². The van der Waals surface area contributed by atoms with Crippen LogP contribution in [-0.2, 0) is 9.53 Å². The molecule has 28 heavy (non-hydrogen) atoms. The highest BCUT2D eigenvalue weighted by molar-refractivity contribution is 6.00. The molecule has 2 rings (SSSR count). The summed E-state index contributed by atoms with van der Waals surface area (Å²) >= 11 is 0. The SMILES string of the molecule is CCCCCCOC(=O)c1ccc(NC(=O)/C=C/C=C/c2ccccc2)cc1. The summed E-state index contributed by atoms with van der Waals surface area (Å²) in [6.45, 7) is 2.59. The molecule has 0 bridgehead atoms. The van der Waals surface area contributed by atoms with E-state index >= 15 is 0 Å². The van der Waals surface area contributed by atoms with Crippen molar-refractivity contribution in [2.45, 2.75) is 32.6 Å². The number of carbonyl (C=O) groups is 2. The molecule has 0 aliphatic rings. The monoisotopic (exact) mass is 377 g/mol. The van der Waals surface area contributed by atoms with E-state index in [1.54, 1.807) is 30.3 Å². The molecule has 2 aromatic rings. The number of unbranched alkanes of at least 4 members (excludes halogenated alkanes) is 3. The third-order valence-electron chi connectivity index (χ3n) is 4.07. The molecule has 0 heterocycles. The van der Waals surface area contributed by atoms with Crippen molar-refractivity contribution in [3.05, 3.63) is 84.0 Å². The summed E-state index contributed by atoms with van der Waals surface area (Å²) in [7, 11) is 0. The van der Waals surface area contributed by atoms with Crippen molar-refractivity contribution >= 4 is 23.6 Å². The molecule has 0 unspecified atom stereocenters. The maximum absolute atomic E-state index is 12.0. The molecule has 4 heteroatoms. The van der Waals surface area contributed by atoms with Gasteiger partial charge in [0.05, 0.1) is 12.2 Å². The van der Waals surface area contributed by atoms with E-state index in [-0.39, 0.29) is 11.9 Å². The molecule has 0 spiro atoms. The summed E-state index contributed by atoms with van der Waals surface area (Å²) in [6.07, 6.45) is 11.1. The van der Waals surface area contributed by atoms with Gasteiger partial charge in [-0.2, -0.15) is 0 Å². The van der Waals surface area contributed by atoms with Gasteiger partial charge in [0.1, 0.15) is 0 Å². The summed E-state index contributed by atoms with van der Waals surface area (Å²) < 4.78 is 5.25. The Morgan fingerprint density at radius 3 is 2.39 bits per heavy atom. The molecule has 0 saturated heterocycles. The highest BCUT2D eigenvalue weighted by Crippen LogP contribution is 2.11. The van der Waals surface area contributed by atoms with Crippen LogP contribution in [0.1, 0.15) is 48.5 Å². The van der Waals surface area contributed by atoms with Crippen LogP contribution in [0.25, 0.3) is 6.08 Å². The first-order valence-electron chi connectivity index (χ1n) is 9.67. The maximum atomic E-state index is 12.0. The number of amides is 1. The molecule has 0 atom stereocenters. The minimum atomic E-state index is -0.333. The van der Waals surface area contributed by atoms with Crippen LogP contribution in [0.4, 0.5) is 5.69 Å². The van der Waals surface area contributed by atoms with Gasteiger partial charge in [0, 0.05) is 11.8 Å². The van der Waals surface area contributed by atoms with Crippen LogP contribution in [0.2, 0.25) is 0 Å². The average Bonchev–Trinajstić information content (AvgIpc) is 2.72. The Morgan fingerprint density at radius 1 is 0.929 bits per heavy atom. The second-order valence-electron chi connectivity index (χ2n) is 6.39. The van der Waals surface area contributed by atoms with Crippen molar-refractivity contribution < 1.29 is 14.3 Å². The van der Waals surface area contributed by atoms with Gasteiger partial charge in [-0.1, -0.05) is 74.7 Å². The van der Waals surface area contributed by atoms with E-state index in [0.29, 0.717) is 17.9 Å². The Balaban J connectivity index is 1.76. The lowest BCUT2D eigenvalue weighted by Crippen LogP contribution is -2.09. The van der Waals surface area contributed by atoms with Crippen LogP contribution in [-0.4, -0.2) is 18.5 Å². The highest BCUT2D eigenvalue weighted by atomic mass is 16.5. The molecule has 0 aromatic heterocycles. The number of hydrogen-bond acceptors (Lipinski definition) is 3. The number of rotatable bonds is 10. The normalized spacial score (nSPS) is 11.0. The average molecular weight is 377 g/mol. The lowest BCUT2D eigenvalue weighted by molar-refractivity contribution is -0.111. The molecule has 4 nitrogen and oxygen atoms in total. The van der Waals surface area contributed by atoms with E-state index in [9.17, 15) is 9.59 Å². The van der Waals surface area contributed by atoms with Crippen LogP contribution in [0.15, 0.2) is 72.8 Å². The van der Waals surface area contributed by atoms with E-state index in [1.807, 2.05) is 42.5 Å². The number of carbonyl (C=O) groups excluding carboxylic acids is 2. The first kappa shape index (κ1) is 21.2. The summed E-state index contributed by atoms with van der Waals surface area (Å²) in [4.78, 5) is 23.9. The molecule has 0 aliphatic carbocycles. The van der Waals surface area contributed by atoms with Crippen molar-refractivity contribution in [1.29, 1.82) is 0 Å². The predicted octanol–water partition coefficient (Wildman–Crippen LogP) is 5.63. The Labute approximate surface area is 166 Å². The number of allylic oxidation sites excluding steroid dienone is 2. The number of anilines is 1. The minimum absolute atomic E-state index is 0.232. The molecule has 0 radical (unpaired) electrons. The zero-order valence-electron chi connectivity index (χ0n) is 16.3. The molecule has 1 N–H and O–H groups in total. The number of esters is 1. The first-order valence-corrected chi connectivity index (χ1v) is 9.67. The maximum Gasteiger partial charge on any atom is 0.338 e. The Hall–Kier alpha value is -3.14. The second kappa shape index (κ2) is 12.3. The van der Waals surface area contributed by atoms with Gasteiger partial charge >= 0.3 is 5.97 Å². The van der Waals surface area contributed by atoms with E-state index in [2.05, 4.69) is 12.2 Å². The summed E-state index contributed by atoms with van der Waals surface area (Å²) in [5.74, 6) is -0.565. The van der Waals surface area contributed by atoms with E-state index < -0.39 is 0 Å². The van der Waals surface area contributed by atoms with Gasteiger partial charge in [-0.3, -0.25) is 4.79 Å². The molecular weight excluding hydrogens is 350 g/mol. The van der Waals surface area contributed by atoms with Gasteiger partial charge in [-0.25, -0.2) is 4.79 Å². The number of hydrogen-bond donors (Lipinski definition) is 1. The molecule has 2 aromatic carbocycles. The molecule has 1 amide bonds. The summed E-state index contributed by atoms with van der Waals surface area (Å²) in [5.41, 5.74) is 2.18. The van der Waals surface area contributed by atoms with Crippen molar-refractivity contribution in [3.8, 4) is 0 Å². The van der Waals surface area contributed by atoms with Gasteiger partial charge in [0.2, 0.25) is 5.91 Å². The van der Waals surface area contributed by atoms with E-state index in [0.717, 1.165) is 31.2 Å². The van der Waals surface area contributed by atoms with Gasteiger partial charge in [-0.15, -0.1) is 0 Å². The van der Waals surface area contributed by atoms with Crippen LogP contribution in [0.5, 0.6) is 0 Å². The van der Waals surface area contributed by atoms with Crippen molar-refractivity contribution in [2.75, 3.05) is 11.9 Å². The smallest absolute Gasteiger partial charge is 0.338 e. The highest BCUT2D eigenvalue weighted by Gasteiger charge is 2.07. The third-order valence-corrected chi connectivity index (χ3v) is 4.07. The van der Waals surface area contributed by atoms with Crippen LogP contribution in [0, 0.1) is 0 Å². The minimum Gasteiger partial charge on any atom is -0.462 e. The fourth-order valence-corrected chi connectivity index (χ4v) is 2.52. The van der Waals surface area contributed by atoms with E-state index in [1.165, 1.54) is 6.08 Å². The van der Waals surface area contributed by atoms with Gasteiger partial charge in [0.15, 0.2) is 0 Å². The standard InChI is InChI=1S/C24H27NO3/c1-2-3-4-10-19-28-24(27)21-15-17-22(18-16-21)25-23(26)14-9-8-13-20-11-6-5-7-12-20/h5-9,11-18H,2-4,10,19H2,1H3,(H,25,26)/b13-8+,14-9+. The van der Waals surface area contributed by atoms with Gasteiger partial charge in [-0.05, 0) is 36.2 Å². The second-order valence-corrected chi connectivity index (χ2v) is 6.39. The third kappa shape index (κ3) is 8.04. The quantitative estimate of drug-likeness (QED) is 0.253. The van der Waals surface area contributed by atoms with Crippen LogP contribution >= 0.6 is 0 Å². The molecule has 146 valence electrons. The van der Waals surface area contributed by atoms with Gasteiger partial charge in [0.25, 0.3) is 0 Å². The zero-order valence-corrected chi connectivity index (χ0v) is 16.3. The number of benzene rings is 2. The van der Waals surface area contributed by atoms with Crippen LogP contribution < -0.4 is 5.32 Å². The van der Waals surface area contributed by atoms with Crippen molar-refractivity contribution in [2.24, 2.45) is 0 Å². The Bertz CT molecular complexity index is 792. The number of nitrogens with one attached hydrogen (secondary N) is 1. The largest absolute Gasteiger partial charge is 0.462 e. The fraction of sp³-hybridized carbons (Fsp3) is 0.250. The predicted molar refractivity (Wildman–Crippen MR) is 114 cm³/mol. The van der Waals surface area contributed by atoms with Crippen molar-refractivity contribution in [3.63, 3.8) is 0 Å². The lowest BCUT2D eigenvalue weighted by Gasteiger charge is -2.06. The summed E-state index contributed by atoms with van der Waals surface area (Å²) in [5, 5.41) is 2.76. The Morgan fingerprint density at radius 2 is 1.68 bits per heavy atom. The van der Waals surface area contributed by atoms with E-state index in [4.69, 9.17) is 4.74 Å². The zero-order chi connectivity index (χ0) is 20.0. The molecule has 0 fully saturated rings. The number of ether oxygens (including phenoxy) is 1. The Kier molecular flexibility index (Phi) is 9.28. The molecule has 0 aliphatic heterocycles. The lowest BCUT2D eigenvalue weighted by atomic mass is 10.2. The molecule has 0 saturated carbocycles. The van der Waals surface area contributed by atoms with Gasteiger partial charge < -0.3 is 10.1 Å². The molecular formula is C24H27NO3. The summed E-state index contributed by atoms with van der Waals surface area (Å²) in [6, 6.07) is 16.6.